The minimum Gasteiger partial charge on any atom is -0.353 e. The van der Waals surface area contributed by atoms with Gasteiger partial charge in [-0.15, -0.1) is 0 Å². The Kier molecular flexibility index (Phi) is 4.39. The average Bonchev–Trinajstić information content (AvgIpc) is 2.44. The number of rotatable bonds is 3. The summed E-state index contributed by atoms with van der Waals surface area (Å²) < 4.78 is 0. The highest BCUT2D eigenvalue weighted by atomic mass is 16.1. The summed E-state index contributed by atoms with van der Waals surface area (Å²) in [6.07, 6.45) is 2.47. The van der Waals surface area contributed by atoms with Gasteiger partial charge in [0.15, 0.2) is 0 Å². The van der Waals surface area contributed by atoms with Crippen LogP contribution < -0.4 is 10.6 Å². The Morgan fingerprint density at radius 3 is 2.38 bits per heavy atom. The number of benzene rings is 2. The maximum absolute atomic E-state index is 12.6. The van der Waals surface area contributed by atoms with Crippen LogP contribution in [0, 0.1) is 0 Å². The van der Waals surface area contributed by atoms with Gasteiger partial charge in [-0.3, -0.25) is 4.79 Å². The first-order valence-corrected chi connectivity index (χ1v) is 8.87. The lowest BCUT2D eigenvalue weighted by Gasteiger charge is -2.43. The Bertz CT molecular complexity index is 727. The molecule has 3 N–H and O–H groups in total. The van der Waals surface area contributed by atoms with Crippen molar-refractivity contribution in [3.63, 3.8) is 0 Å². The molecule has 0 unspecified atom stereocenters. The van der Waals surface area contributed by atoms with Crippen LogP contribution in [0.1, 0.15) is 46.1 Å². The largest absolute Gasteiger partial charge is 0.353 e. The highest BCUT2D eigenvalue weighted by Crippen LogP contribution is 2.23. The molecule has 1 aliphatic heterocycles. The number of nitrogens with one attached hydrogen (secondary N) is 1. The number of amides is 1. The number of quaternary nitrogens is 1. The van der Waals surface area contributed by atoms with Gasteiger partial charge in [0.25, 0.3) is 0 Å². The Balaban J connectivity index is 1.71. The van der Waals surface area contributed by atoms with Crippen LogP contribution in [0.4, 0.5) is 0 Å². The number of piperidine rings is 1. The van der Waals surface area contributed by atoms with E-state index in [0.717, 1.165) is 18.4 Å². The predicted octanol–water partition coefficient (Wildman–Crippen LogP) is 2.78. The number of carbonyl (C=O) groups excluding carboxylic acids is 1. The van der Waals surface area contributed by atoms with Crippen molar-refractivity contribution in [3.05, 3.63) is 48.0 Å². The molecule has 1 amide bonds. The quantitative estimate of drug-likeness (QED) is 0.895. The van der Waals surface area contributed by atoms with Crippen LogP contribution in [0.5, 0.6) is 0 Å². The van der Waals surface area contributed by atoms with Gasteiger partial charge in [-0.2, -0.15) is 0 Å². The third-order valence-electron chi connectivity index (χ3n) is 4.92. The first kappa shape index (κ1) is 17.0. The van der Waals surface area contributed by atoms with Gasteiger partial charge in [-0.05, 0) is 44.0 Å². The molecule has 1 aliphatic rings. The number of fused-ring (bicyclic) bond motifs is 1. The molecule has 128 valence electrons. The fourth-order valence-electron chi connectivity index (χ4n) is 4.52. The highest BCUT2D eigenvalue weighted by molar-refractivity contribution is 5.90. The predicted molar refractivity (Wildman–Crippen MR) is 98.9 cm³/mol. The summed E-state index contributed by atoms with van der Waals surface area (Å²) in [7, 11) is 0. The third-order valence-corrected chi connectivity index (χ3v) is 4.92. The molecule has 0 atom stereocenters. The second-order valence-corrected chi connectivity index (χ2v) is 8.61. The van der Waals surface area contributed by atoms with Crippen LogP contribution >= 0.6 is 0 Å². The molecule has 3 nitrogen and oxygen atoms in total. The highest BCUT2D eigenvalue weighted by Gasteiger charge is 2.42. The zero-order valence-corrected chi connectivity index (χ0v) is 15.2. The van der Waals surface area contributed by atoms with E-state index in [9.17, 15) is 4.79 Å². The maximum atomic E-state index is 12.6. The van der Waals surface area contributed by atoms with Crippen LogP contribution in [0.3, 0.4) is 0 Å². The van der Waals surface area contributed by atoms with Crippen molar-refractivity contribution >= 4 is 16.7 Å². The van der Waals surface area contributed by atoms with Crippen molar-refractivity contribution in [1.29, 1.82) is 0 Å². The van der Waals surface area contributed by atoms with Crippen LogP contribution in [0.15, 0.2) is 42.5 Å². The van der Waals surface area contributed by atoms with Gasteiger partial charge in [-0.1, -0.05) is 42.5 Å². The second kappa shape index (κ2) is 6.21. The molecule has 1 fully saturated rings. The third kappa shape index (κ3) is 3.96. The van der Waals surface area contributed by atoms with Crippen molar-refractivity contribution in [1.82, 2.24) is 5.32 Å². The smallest absolute Gasteiger partial charge is 0.224 e. The van der Waals surface area contributed by atoms with Gasteiger partial charge >= 0.3 is 0 Å². The summed E-state index contributed by atoms with van der Waals surface area (Å²) in [5.41, 5.74) is 1.43. The normalized spacial score (nSPS) is 20.0. The van der Waals surface area contributed by atoms with Crippen LogP contribution in [0.2, 0.25) is 0 Å². The fraction of sp³-hybridized carbons (Fsp3) is 0.476. The van der Waals surface area contributed by atoms with E-state index in [1.54, 1.807) is 0 Å². The lowest BCUT2D eigenvalue weighted by molar-refractivity contribution is -0.787. The van der Waals surface area contributed by atoms with Gasteiger partial charge in [0.05, 0.1) is 17.5 Å². The SMILES string of the molecule is CC1(C)CC(NC(=O)Cc2cccc3ccccc23)CC(C)(C)[NH2+]1. The molecule has 0 spiro atoms. The molecular weight excluding hydrogens is 296 g/mol. The molecular formula is C21H29N2O+. The van der Waals surface area contributed by atoms with E-state index in [2.05, 4.69) is 62.6 Å². The molecule has 24 heavy (non-hydrogen) atoms. The molecule has 1 saturated heterocycles. The molecule has 3 rings (SSSR count). The lowest BCUT2D eigenvalue weighted by Crippen LogP contribution is -3.06. The molecule has 0 saturated carbocycles. The van der Waals surface area contributed by atoms with E-state index in [1.807, 2.05) is 18.2 Å². The van der Waals surface area contributed by atoms with E-state index >= 15 is 0 Å². The molecule has 3 heteroatoms. The second-order valence-electron chi connectivity index (χ2n) is 8.61. The van der Waals surface area contributed by atoms with Crippen molar-refractivity contribution in [3.8, 4) is 0 Å². The zero-order valence-electron chi connectivity index (χ0n) is 15.2. The molecule has 0 bridgehead atoms. The maximum Gasteiger partial charge on any atom is 0.224 e. The van der Waals surface area contributed by atoms with Gasteiger partial charge in [-0.25, -0.2) is 0 Å². The Morgan fingerprint density at radius 2 is 1.67 bits per heavy atom. The van der Waals surface area contributed by atoms with E-state index in [-0.39, 0.29) is 23.0 Å². The molecule has 1 heterocycles. The zero-order chi connectivity index (χ0) is 17.4. The van der Waals surface area contributed by atoms with Crippen molar-refractivity contribution in [2.45, 2.75) is 64.1 Å². The Labute approximate surface area is 144 Å². The average molecular weight is 325 g/mol. The van der Waals surface area contributed by atoms with E-state index in [1.165, 1.54) is 10.8 Å². The molecule has 0 aliphatic carbocycles. The van der Waals surface area contributed by atoms with Crippen LogP contribution in [-0.2, 0) is 11.2 Å². The van der Waals surface area contributed by atoms with E-state index in [0.29, 0.717) is 6.42 Å². The minimum atomic E-state index is 0.129. The number of carbonyl (C=O) groups is 1. The number of hydrogen-bond donors (Lipinski definition) is 2. The van der Waals surface area contributed by atoms with Gasteiger partial charge < -0.3 is 10.6 Å². The van der Waals surface area contributed by atoms with Gasteiger partial charge in [0, 0.05) is 18.9 Å². The number of nitrogens with two attached hydrogens (primary N) is 1. The van der Waals surface area contributed by atoms with Gasteiger partial charge in [0.2, 0.25) is 5.91 Å². The van der Waals surface area contributed by atoms with E-state index < -0.39 is 0 Å². The summed E-state index contributed by atoms with van der Waals surface area (Å²) >= 11 is 0. The standard InChI is InChI=1S/C21H28N2O/c1-20(2)13-17(14-21(3,4)23-20)22-19(24)12-16-10-7-9-15-8-5-6-11-18(15)16/h5-11,17,23H,12-14H2,1-4H3,(H,22,24)/p+1. The summed E-state index contributed by atoms with van der Waals surface area (Å²) in [4.78, 5) is 12.6. The van der Waals surface area contributed by atoms with Gasteiger partial charge in [0.1, 0.15) is 0 Å². The lowest BCUT2D eigenvalue weighted by atomic mass is 9.79. The van der Waals surface area contributed by atoms with Crippen molar-refractivity contribution in [2.24, 2.45) is 0 Å². The summed E-state index contributed by atoms with van der Waals surface area (Å²) in [5.74, 6) is 0.129. The first-order valence-electron chi connectivity index (χ1n) is 8.87. The van der Waals surface area contributed by atoms with Crippen molar-refractivity contribution in [2.75, 3.05) is 0 Å². The Hall–Kier alpha value is -1.87. The summed E-state index contributed by atoms with van der Waals surface area (Å²) in [5, 5.41) is 8.09. The summed E-state index contributed by atoms with van der Waals surface area (Å²) in [6.45, 7) is 9.05. The first-order chi connectivity index (χ1) is 11.2. The molecule has 2 aromatic rings. The molecule has 0 aromatic heterocycles. The summed E-state index contributed by atoms with van der Waals surface area (Å²) in [6, 6.07) is 14.7. The van der Waals surface area contributed by atoms with Crippen LogP contribution in [0.25, 0.3) is 10.8 Å². The topological polar surface area (TPSA) is 45.7 Å². The van der Waals surface area contributed by atoms with Crippen LogP contribution in [-0.4, -0.2) is 23.0 Å². The minimum absolute atomic E-state index is 0.129. The fourth-order valence-corrected chi connectivity index (χ4v) is 4.52. The number of hydrogen-bond acceptors (Lipinski definition) is 1. The Morgan fingerprint density at radius 1 is 1.04 bits per heavy atom. The van der Waals surface area contributed by atoms with Crippen molar-refractivity contribution < 1.29 is 10.1 Å². The monoisotopic (exact) mass is 325 g/mol. The molecule has 2 aromatic carbocycles. The van der Waals surface area contributed by atoms with E-state index in [4.69, 9.17) is 0 Å². The molecule has 0 radical (unpaired) electrons.